The molecule has 6 heteroatoms. The average molecular weight is 409 g/mol. The van der Waals surface area contributed by atoms with Crippen LogP contribution in [-0.4, -0.2) is 50.5 Å². The van der Waals surface area contributed by atoms with Gasteiger partial charge in [-0.15, -0.1) is 0 Å². The molecule has 0 atom stereocenters. The Morgan fingerprint density at radius 3 is 2.23 bits per heavy atom. The van der Waals surface area contributed by atoms with Crippen LogP contribution in [0.4, 0.5) is 0 Å². The number of nitrogens with zero attached hydrogens (tertiary/aromatic N) is 4. The first kappa shape index (κ1) is 20.6. The zero-order valence-electron chi connectivity index (χ0n) is 18.3. The lowest BCUT2D eigenvalue weighted by molar-refractivity contribution is -0.130. The van der Waals surface area contributed by atoms with Crippen molar-refractivity contribution in [1.82, 2.24) is 19.6 Å². The summed E-state index contributed by atoms with van der Waals surface area (Å²) in [5.74, 6) is 0.903. The smallest absolute Gasteiger partial charge is 0.272 e. The average Bonchev–Trinajstić information content (AvgIpc) is 3.51. The van der Waals surface area contributed by atoms with Gasteiger partial charge in [0.1, 0.15) is 5.69 Å². The van der Waals surface area contributed by atoms with Gasteiger partial charge in [0, 0.05) is 39.6 Å². The molecule has 2 aromatic rings. The van der Waals surface area contributed by atoms with Crippen LogP contribution in [-0.2, 0) is 24.8 Å². The number of aromatic nitrogens is 2. The molecule has 30 heavy (non-hydrogen) atoms. The van der Waals surface area contributed by atoms with Gasteiger partial charge in [0.05, 0.1) is 5.69 Å². The number of hydrogen-bond acceptors (Lipinski definition) is 3. The molecule has 4 rings (SSSR count). The van der Waals surface area contributed by atoms with E-state index in [1.54, 1.807) is 11.6 Å². The number of aryl methyl sites for hydroxylation is 2. The van der Waals surface area contributed by atoms with Gasteiger partial charge in [0.15, 0.2) is 0 Å². The first-order valence-corrected chi connectivity index (χ1v) is 11.1. The van der Waals surface area contributed by atoms with Crippen LogP contribution in [0.15, 0.2) is 30.3 Å². The van der Waals surface area contributed by atoms with E-state index in [0.717, 1.165) is 50.9 Å². The number of carbonyl (C=O) groups excluding carboxylic acids is 2. The number of amides is 2. The minimum absolute atomic E-state index is 0.0712. The molecule has 0 unspecified atom stereocenters. The minimum Gasteiger partial charge on any atom is -0.343 e. The molecule has 2 aliphatic rings. The molecule has 2 amide bonds. The van der Waals surface area contributed by atoms with Crippen molar-refractivity contribution < 1.29 is 9.59 Å². The molecule has 2 fully saturated rings. The van der Waals surface area contributed by atoms with E-state index in [0.29, 0.717) is 24.2 Å². The molecule has 0 radical (unpaired) electrons. The fraction of sp³-hybridized carbons (Fsp3) is 0.542. The summed E-state index contributed by atoms with van der Waals surface area (Å²) < 4.78 is 1.69. The molecular weight excluding hydrogens is 376 g/mol. The maximum absolute atomic E-state index is 13.1. The molecule has 160 valence electrons. The van der Waals surface area contributed by atoms with Crippen LogP contribution in [0.25, 0.3) is 0 Å². The van der Waals surface area contributed by atoms with E-state index in [1.165, 1.54) is 11.1 Å². The van der Waals surface area contributed by atoms with E-state index in [-0.39, 0.29) is 11.8 Å². The highest BCUT2D eigenvalue weighted by Crippen LogP contribution is 2.30. The third kappa shape index (κ3) is 4.74. The summed E-state index contributed by atoms with van der Waals surface area (Å²) in [6.07, 6.45) is 5.38. The Balaban J connectivity index is 1.37. The number of benzene rings is 1. The molecule has 0 N–H and O–H groups in total. The second-order valence-electron chi connectivity index (χ2n) is 8.93. The molecular formula is C24H32N4O2. The van der Waals surface area contributed by atoms with Crippen molar-refractivity contribution in [2.45, 2.75) is 58.5 Å². The molecule has 1 saturated carbocycles. The van der Waals surface area contributed by atoms with Gasteiger partial charge in [-0.1, -0.05) is 24.3 Å². The third-order valence-corrected chi connectivity index (χ3v) is 6.43. The molecule has 1 saturated heterocycles. The standard InChI is InChI=1S/C24H32N4O2/c1-17-14-23(26(3)25-17)24(30)28(22-8-9-22)16-21-6-4-19(5-7-21)15-20-10-12-27(13-11-20)18(2)29/h4-7,14,20,22H,8-13,15-16H2,1-3H3. The van der Waals surface area contributed by atoms with E-state index in [1.807, 2.05) is 29.8 Å². The van der Waals surface area contributed by atoms with Gasteiger partial charge in [-0.2, -0.15) is 5.10 Å². The van der Waals surface area contributed by atoms with Crippen LogP contribution in [0.3, 0.4) is 0 Å². The topological polar surface area (TPSA) is 58.4 Å². The van der Waals surface area contributed by atoms with Crippen LogP contribution >= 0.6 is 0 Å². The highest BCUT2D eigenvalue weighted by Gasteiger charge is 2.34. The van der Waals surface area contributed by atoms with Crippen molar-refractivity contribution in [1.29, 1.82) is 0 Å². The lowest BCUT2D eigenvalue weighted by Gasteiger charge is -2.31. The largest absolute Gasteiger partial charge is 0.343 e. The predicted molar refractivity (Wildman–Crippen MR) is 116 cm³/mol. The van der Waals surface area contributed by atoms with Crippen molar-refractivity contribution in [3.8, 4) is 0 Å². The van der Waals surface area contributed by atoms with Gasteiger partial charge < -0.3 is 9.80 Å². The van der Waals surface area contributed by atoms with Crippen LogP contribution < -0.4 is 0 Å². The second-order valence-corrected chi connectivity index (χ2v) is 8.93. The van der Waals surface area contributed by atoms with E-state index in [9.17, 15) is 9.59 Å². The minimum atomic E-state index is 0.0712. The summed E-state index contributed by atoms with van der Waals surface area (Å²) >= 11 is 0. The third-order valence-electron chi connectivity index (χ3n) is 6.43. The molecule has 1 aliphatic carbocycles. The summed E-state index contributed by atoms with van der Waals surface area (Å²) in [7, 11) is 1.83. The number of carbonyl (C=O) groups is 2. The molecule has 2 heterocycles. The fourth-order valence-corrected chi connectivity index (χ4v) is 4.47. The molecule has 6 nitrogen and oxygen atoms in total. The SMILES string of the molecule is CC(=O)N1CCC(Cc2ccc(CN(C(=O)c3cc(C)nn3C)C3CC3)cc2)CC1. The Kier molecular flexibility index (Phi) is 5.93. The Labute approximate surface area is 178 Å². The zero-order valence-corrected chi connectivity index (χ0v) is 18.3. The van der Waals surface area contributed by atoms with E-state index < -0.39 is 0 Å². The van der Waals surface area contributed by atoms with Crippen molar-refractivity contribution in [2.24, 2.45) is 13.0 Å². The fourth-order valence-electron chi connectivity index (χ4n) is 4.47. The van der Waals surface area contributed by atoms with Gasteiger partial charge in [0.2, 0.25) is 5.91 Å². The summed E-state index contributed by atoms with van der Waals surface area (Å²) in [6.45, 7) is 5.98. The normalized spacial score (nSPS) is 17.2. The number of piperidine rings is 1. The zero-order chi connectivity index (χ0) is 21.3. The first-order chi connectivity index (χ1) is 14.4. The lowest BCUT2D eigenvalue weighted by atomic mass is 9.90. The maximum Gasteiger partial charge on any atom is 0.272 e. The molecule has 1 aliphatic heterocycles. The predicted octanol–water partition coefficient (Wildman–Crippen LogP) is 3.33. The summed E-state index contributed by atoms with van der Waals surface area (Å²) in [6, 6.07) is 11.0. The highest BCUT2D eigenvalue weighted by atomic mass is 16.2. The van der Waals surface area contributed by atoms with Gasteiger partial charge in [0.25, 0.3) is 5.91 Å². The molecule has 0 spiro atoms. The van der Waals surface area contributed by atoms with Gasteiger partial charge in [-0.3, -0.25) is 14.3 Å². The van der Waals surface area contributed by atoms with E-state index >= 15 is 0 Å². The second kappa shape index (κ2) is 8.62. The molecule has 1 aromatic carbocycles. The molecule has 1 aromatic heterocycles. The van der Waals surface area contributed by atoms with Crippen LogP contribution in [0.1, 0.15) is 59.9 Å². The first-order valence-electron chi connectivity index (χ1n) is 11.1. The monoisotopic (exact) mass is 408 g/mol. The number of likely N-dealkylation sites (tertiary alicyclic amines) is 1. The Hall–Kier alpha value is -2.63. The van der Waals surface area contributed by atoms with Crippen LogP contribution in [0.5, 0.6) is 0 Å². The highest BCUT2D eigenvalue weighted by molar-refractivity contribution is 5.93. The van der Waals surface area contributed by atoms with Gasteiger partial charge in [-0.05, 0) is 62.1 Å². The quantitative estimate of drug-likeness (QED) is 0.737. The Morgan fingerprint density at radius 1 is 1.07 bits per heavy atom. The lowest BCUT2D eigenvalue weighted by Crippen LogP contribution is -2.37. The van der Waals surface area contributed by atoms with Crippen molar-refractivity contribution in [3.05, 3.63) is 52.8 Å². The maximum atomic E-state index is 13.1. The van der Waals surface area contributed by atoms with Gasteiger partial charge >= 0.3 is 0 Å². The Bertz CT molecular complexity index is 906. The van der Waals surface area contributed by atoms with Crippen molar-refractivity contribution >= 4 is 11.8 Å². The van der Waals surface area contributed by atoms with Crippen molar-refractivity contribution in [3.63, 3.8) is 0 Å². The van der Waals surface area contributed by atoms with E-state index in [2.05, 4.69) is 29.4 Å². The molecule has 0 bridgehead atoms. The van der Waals surface area contributed by atoms with Gasteiger partial charge in [-0.25, -0.2) is 0 Å². The number of hydrogen-bond donors (Lipinski definition) is 0. The summed E-state index contributed by atoms with van der Waals surface area (Å²) in [5.41, 5.74) is 4.04. The van der Waals surface area contributed by atoms with E-state index in [4.69, 9.17) is 0 Å². The Morgan fingerprint density at radius 2 is 1.70 bits per heavy atom. The number of rotatable bonds is 6. The summed E-state index contributed by atoms with van der Waals surface area (Å²) in [5, 5.41) is 4.33. The van der Waals surface area contributed by atoms with Crippen LogP contribution in [0, 0.1) is 12.8 Å². The van der Waals surface area contributed by atoms with Crippen molar-refractivity contribution in [2.75, 3.05) is 13.1 Å². The van der Waals surface area contributed by atoms with Crippen LogP contribution in [0.2, 0.25) is 0 Å². The summed E-state index contributed by atoms with van der Waals surface area (Å²) in [4.78, 5) is 28.6.